The average molecular weight is 339 g/mol. The van der Waals surface area contributed by atoms with Crippen LogP contribution in [0.1, 0.15) is 26.2 Å². The van der Waals surface area contributed by atoms with Crippen molar-refractivity contribution in [1.82, 2.24) is 4.72 Å². The van der Waals surface area contributed by atoms with Crippen molar-refractivity contribution in [3.05, 3.63) is 23.0 Å². The fraction of sp³-hybridized carbons (Fsp3) is 0.538. The zero-order valence-electron chi connectivity index (χ0n) is 11.9. The highest BCUT2D eigenvalue weighted by atomic mass is 35.5. The predicted molar refractivity (Wildman–Crippen MR) is 81.4 cm³/mol. The summed E-state index contributed by atoms with van der Waals surface area (Å²) in [7, 11) is -3.98. The first-order valence-electron chi connectivity index (χ1n) is 6.70. The van der Waals surface area contributed by atoms with Crippen molar-refractivity contribution >= 4 is 27.3 Å². The normalized spacial score (nSPS) is 11.8. The first-order valence-corrected chi connectivity index (χ1v) is 8.56. The third kappa shape index (κ3) is 5.78. The second-order valence-corrected chi connectivity index (χ2v) is 6.67. The largest absolute Gasteiger partial charge is 0.399 e. The van der Waals surface area contributed by atoms with E-state index >= 15 is 0 Å². The van der Waals surface area contributed by atoms with Crippen molar-refractivity contribution < 1.29 is 17.5 Å². The zero-order chi connectivity index (χ0) is 15.9. The van der Waals surface area contributed by atoms with Gasteiger partial charge in [0, 0.05) is 25.4 Å². The van der Waals surface area contributed by atoms with Gasteiger partial charge in [-0.25, -0.2) is 17.5 Å². The molecule has 0 fully saturated rings. The lowest BCUT2D eigenvalue weighted by Crippen LogP contribution is -2.26. The van der Waals surface area contributed by atoms with E-state index in [1.54, 1.807) is 0 Å². The Hall–Kier alpha value is -0.890. The first kappa shape index (κ1) is 18.2. The lowest BCUT2D eigenvalue weighted by molar-refractivity contribution is 0.130. The monoisotopic (exact) mass is 338 g/mol. The molecule has 0 amide bonds. The van der Waals surface area contributed by atoms with Crippen LogP contribution in [0, 0.1) is 5.82 Å². The third-order valence-electron chi connectivity index (χ3n) is 2.71. The number of nitrogen functional groups attached to an aromatic ring is 1. The van der Waals surface area contributed by atoms with E-state index < -0.39 is 20.7 Å². The van der Waals surface area contributed by atoms with Gasteiger partial charge >= 0.3 is 0 Å². The summed E-state index contributed by atoms with van der Waals surface area (Å²) in [4.78, 5) is -0.542. The molecule has 0 heterocycles. The second kappa shape index (κ2) is 8.53. The van der Waals surface area contributed by atoms with Gasteiger partial charge in [-0.15, -0.1) is 0 Å². The maximum Gasteiger partial charge on any atom is 0.243 e. The number of hydrogen-bond acceptors (Lipinski definition) is 4. The Balaban J connectivity index is 2.55. The Morgan fingerprint density at radius 1 is 1.33 bits per heavy atom. The van der Waals surface area contributed by atoms with Gasteiger partial charge in [-0.2, -0.15) is 0 Å². The van der Waals surface area contributed by atoms with E-state index in [0.29, 0.717) is 19.6 Å². The van der Waals surface area contributed by atoms with Crippen molar-refractivity contribution in [2.75, 3.05) is 25.5 Å². The molecule has 120 valence electrons. The van der Waals surface area contributed by atoms with Crippen LogP contribution in [0.4, 0.5) is 10.1 Å². The summed E-state index contributed by atoms with van der Waals surface area (Å²) in [5.74, 6) is -1.00. The van der Waals surface area contributed by atoms with Crippen LogP contribution >= 0.6 is 11.6 Å². The maximum atomic E-state index is 13.8. The van der Waals surface area contributed by atoms with Gasteiger partial charge in [0.1, 0.15) is 4.90 Å². The molecule has 3 N–H and O–H groups in total. The molecule has 0 saturated heterocycles. The highest BCUT2D eigenvalue weighted by Gasteiger charge is 2.21. The highest BCUT2D eigenvalue weighted by Crippen LogP contribution is 2.25. The summed E-state index contributed by atoms with van der Waals surface area (Å²) in [5.41, 5.74) is 5.57. The van der Waals surface area contributed by atoms with Gasteiger partial charge in [-0.05, 0) is 25.0 Å². The zero-order valence-corrected chi connectivity index (χ0v) is 13.4. The number of halogens is 2. The second-order valence-electron chi connectivity index (χ2n) is 4.53. The Morgan fingerprint density at radius 3 is 2.67 bits per heavy atom. The third-order valence-corrected chi connectivity index (χ3v) is 4.44. The topological polar surface area (TPSA) is 81.4 Å². The molecule has 5 nitrogen and oxygen atoms in total. The van der Waals surface area contributed by atoms with E-state index in [9.17, 15) is 12.8 Å². The number of sulfonamides is 1. The van der Waals surface area contributed by atoms with E-state index in [1.807, 2.05) is 0 Å². The van der Waals surface area contributed by atoms with Crippen molar-refractivity contribution in [3.8, 4) is 0 Å². The number of nitrogens with two attached hydrogens (primary N) is 1. The number of ether oxygens (including phenoxy) is 1. The smallest absolute Gasteiger partial charge is 0.243 e. The van der Waals surface area contributed by atoms with Crippen LogP contribution in [-0.4, -0.2) is 28.2 Å². The van der Waals surface area contributed by atoms with E-state index in [4.69, 9.17) is 22.1 Å². The molecule has 0 aliphatic rings. The molecule has 1 rings (SSSR count). The summed E-state index contributed by atoms with van der Waals surface area (Å²) >= 11 is 5.59. The first-order chi connectivity index (χ1) is 9.88. The number of rotatable bonds is 9. The van der Waals surface area contributed by atoms with Crippen LogP contribution < -0.4 is 10.5 Å². The molecule has 0 spiro atoms. The van der Waals surface area contributed by atoms with Gasteiger partial charge in [0.15, 0.2) is 5.82 Å². The molecule has 0 radical (unpaired) electrons. The summed E-state index contributed by atoms with van der Waals surface area (Å²) in [6.07, 6.45) is 2.52. The summed E-state index contributed by atoms with van der Waals surface area (Å²) in [5, 5.41) is -0.321. The SMILES string of the molecule is CCCCOCCCNS(=O)(=O)c1cc(N)cc(Cl)c1F. The Bertz CT molecular complexity index is 567. The molecule has 0 atom stereocenters. The van der Waals surface area contributed by atoms with Crippen molar-refractivity contribution in [1.29, 1.82) is 0 Å². The lowest BCUT2D eigenvalue weighted by Gasteiger charge is -2.09. The molecule has 1 aromatic rings. The minimum absolute atomic E-state index is 0.0877. The van der Waals surface area contributed by atoms with E-state index in [1.165, 1.54) is 0 Å². The van der Waals surface area contributed by atoms with Crippen LogP contribution in [0.15, 0.2) is 17.0 Å². The van der Waals surface area contributed by atoms with Crippen molar-refractivity contribution in [2.24, 2.45) is 0 Å². The van der Waals surface area contributed by atoms with Crippen LogP contribution in [-0.2, 0) is 14.8 Å². The number of benzene rings is 1. The quantitative estimate of drug-likeness (QED) is 0.535. The van der Waals surface area contributed by atoms with Crippen molar-refractivity contribution in [2.45, 2.75) is 31.1 Å². The molecule has 1 aromatic carbocycles. The van der Waals surface area contributed by atoms with Gasteiger partial charge in [-0.3, -0.25) is 0 Å². The number of anilines is 1. The Kier molecular flexibility index (Phi) is 7.37. The van der Waals surface area contributed by atoms with Gasteiger partial charge in [0.05, 0.1) is 5.02 Å². The molecule has 0 unspecified atom stereocenters. The molecule has 8 heteroatoms. The molecule has 0 bridgehead atoms. The van der Waals surface area contributed by atoms with Crippen LogP contribution in [0.2, 0.25) is 5.02 Å². The predicted octanol–water partition coefficient (Wildman–Crippen LogP) is 2.55. The minimum Gasteiger partial charge on any atom is -0.399 e. The molecule has 0 saturated carbocycles. The highest BCUT2D eigenvalue weighted by molar-refractivity contribution is 7.89. The van der Waals surface area contributed by atoms with Crippen molar-refractivity contribution in [3.63, 3.8) is 0 Å². The van der Waals surface area contributed by atoms with Gasteiger partial charge in [-0.1, -0.05) is 24.9 Å². The Morgan fingerprint density at radius 2 is 2.00 bits per heavy atom. The maximum absolute atomic E-state index is 13.8. The van der Waals surface area contributed by atoms with Gasteiger partial charge < -0.3 is 10.5 Å². The number of unbranched alkanes of at least 4 members (excludes halogenated alkanes) is 1. The summed E-state index contributed by atoms with van der Waals surface area (Å²) in [6.45, 7) is 3.31. The Labute approximate surface area is 129 Å². The lowest BCUT2D eigenvalue weighted by atomic mass is 10.3. The van der Waals surface area contributed by atoms with Crippen LogP contribution in [0.3, 0.4) is 0 Å². The summed E-state index contributed by atoms with van der Waals surface area (Å²) in [6, 6.07) is 2.21. The molecule has 21 heavy (non-hydrogen) atoms. The number of hydrogen-bond donors (Lipinski definition) is 2. The molecule has 0 aliphatic heterocycles. The molecule has 0 aliphatic carbocycles. The van der Waals surface area contributed by atoms with E-state index in [-0.39, 0.29) is 17.3 Å². The van der Waals surface area contributed by atoms with E-state index in [2.05, 4.69) is 11.6 Å². The van der Waals surface area contributed by atoms with Crippen LogP contribution in [0.5, 0.6) is 0 Å². The van der Waals surface area contributed by atoms with Gasteiger partial charge in [0.2, 0.25) is 10.0 Å². The molecular formula is C13H20ClFN2O3S. The summed E-state index contributed by atoms with van der Waals surface area (Å²) < 4.78 is 45.3. The fourth-order valence-electron chi connectivity index (χ4n) is 1.59. The fourth-order valence-corrected chi connectivity index (χ4v) is 3.08. The van der Waals surface area contributed by atoms with Gasteiger partial charge in [0.25, 0.3) is 0 Å². The van der Waals surface area contributed by atoms with Crippen LogP contribution in [0.25, 0.3) is 0 Å². The minimum atomic E-state index is -3.98. The molecule has 0 aromatic heterocycles. The standard InChI is InChI=1S/C13H20ClFN2O3S/c1-2-3-6-20-7-4-5-17-21(18,19)12-9-10(16)8-11(14)13(12)15/h8-9,17H,2-7,16H2,1H3. The molecular weight excluding hydrogens is 319 g/mol. The van der Waals surface area contributed by atoms with E-state index in [0.717, 1.165) is 25.0 Å². The average Bonchev–Trinajstić information content (AvgIpc) is 2.41. The number of nitrogens with one attached hydrogen (secondary N) is 1.